The first-order valence-corrected chi connectivity index (χ1v) is 9.76. The molecule has 0 saturated carbocycles. The van der Waals surface area contributed by atoms with Crippen molar-refractivity contribution in [2.24, 2.45) is 0 Å². The van der Waals surface area contributed by atoms with Crippen LogP contribution >= 0.6 is 23.1 Å². The van der Waals surface area contributed by atoms with Crippen LogP contribution in [0.3, 0.4) is 0 Å². The van der Waals surface area contributed by atoms with Crippen LogP contribution in [0.5, 0.6) is 0 Å². The van der Waals surface area contributed by atoms with Gasteiger partial charge >= 0.3 is 0 Å². The molecule has 0 unspecified atom stereocenters. The lowest BCUT2D eigenvalue weighted by molar-refractivity contribution is 0.935. The van der Waals surface area contributed by atoms with Crippen molar-refractivity contribution in [1.29, 1.82) is 0 Å². The van der Waals surface area contributed by atoms with E-state index >= 15 is 0 Å². The molecule has 6 nitrogen and oxygen atoms in total. The Hall–Kier alpha value is -2.71. The number of fused-ring (bicyclic) bond motifs is 1. The van der Waals surface area contributed by atoms with E-state index in [1.807, 2.05) is 42.6 Å². The van der Waals surface area contributed by atoms with Crippen molar-refractivity contribution in [1.82, 2.24) is 19.9 Å². The normalized spacial score (nSPS) is 11.1. The molecule has 0 aliphatic rings. The van der Waals surface area contributed by atoms with Gasteiger partial charge in [-0.25, -0.2) is 15.0 Å². The van der Waals surface area contributed by atoms with Gasteiger partial charge in [-0.15, -0.1) is 11.3 Å². The Morgan fingerprint density at radius 2 is 2.00 bits per heavy atom. The van der Waals surface area contributed by atoms with Crippen molar-refractivity contribution in [3.05, 3.63) is 63.7 Å². The monoisotopic (exact) mass is 381 g/mol. The van der Waals surface area contributed by atoms with Crippen LogP contribution < -0.4 is 11.3 Å². The molecule has 3 heterocycles. The zero-order chi connectivity index (χ0) is 18.1. The Morgan fingerprint density at radius 3 is 2.77 bits per heavy atom. The highest BCUT2D eigenvalue weighted by molar-refractivity contribution is 7.98. The summed E-state index contributed by atoms with van der Waals surface area (Å²) in [6.07, 6.45) is 0. The van der Waals surface area contributed by atoms with Gasteiger partial charge in [0.05, 0.1) is 11.1 Å². The number of thiophene rings is 1. The van der Waals surface area contributed by atoms with E-state index in [1.54, 1.807) is 6.07 Å². The van der Waals surface area contributed by atoms with Crippen LogP contribution in [0.4, 0.5) is 5.82 Å². The van der Waals surface area contributed by atoms with E-state index in [2.05, 4.69) is 19.9 Å². The predicted octanol–water partition coefficient (Wildman–Crippen LogP) is 3.62. The molecule has 0 spiro atoms. The predicted molar refractivity (Wildman–Crippen MR) is 106 cm³/mol. The quantitative estimate of drug-likeness (QED) is 0.414. The number of hydrogen-bond donors (Lipinski definition) is 2. The van der Waals surface area contributed by atoms with E-state index in [0.29, 0.717) is 27.9 Å². The Morgan fingerprint density at radius 1 is 1.19 bits per heavy atom. The highest BCUT2D eigenvalue weighted by atomic mass is 32.2. The molecule has 1 aromatic carbocycles. The van der Waals surface area contributed by atoms with Crippen LogP contribution in [0, 0.1) is 6.92 Å². The van der Waals surface area contributed by atoms with Crippen molar-refractivity contribution in [2.75, 3.05) is 5.73 Å². The van der Waals surface area contributed by atoms with Gasteiger partial charge in [0.2, 0.25) is 0 Å². The van der Waals surface area contributed by atoms with Crippen molar-refractivity contribution in [3.63, 3.8) is 0 Å². The number of benzene rings is 1. The van der Waals surface area contributed by atoms with Gasteiger partial charge in [-0.3, -0.25) is 4.79 Å². The fraction of sp³-hybridized carbons (Fsp3) is 0.111. The molecule has 0 radical (unpaired) electrons. The second kappa shape index (κ2) is 6.89. The highest BCUT2D eigenvalue weighted by Crippen LogP contribution is 2.30. The second-order valence-electron chi connectivity index (χ2n) is 5.71. The van der Waals surface area contributed by atoms with Gasteiger partial charge < -0.3 is 10.7 Å². The van der Waals surface area contributed by atoms with Gasteiger partial charge in [0, 0.05) is 22.7 Å². The molecule has 8 heteroatoms. The van der Waals surface area contributed by atoms with E-state index in [9.17, 15) is 4.79 Å². The standard InChI is InChI=1S/C18H15N5OS2/c1-10-7-13(19)21-18(20-10)26-9-14-22-16(24)15-12(8-25-17(15)23-14)11-5-3-2-4-6-11/h2-8H,9H2,1H3,(H2,19,20,21)(H,22,23,24). The minimum absolute atomic E-state index is 0.129. The SMILES string of the molecule is Cc1cc(N)nc(SCc2nc3scc(-c4ccccc4)c3c(=O)[nH]2)n1. The minimum atomic E-state index is -0.129. The summed E-state index contributed by atoms with van der Waals surface area (Å²) in [4.78, 5) is 29.4. The van der Waals surface area contributed by atoms with Crippen LogP contribution in [0.1, 0.15) is 11.5 Å². The number of rotatable bonds is 4. The van der Waals surface area contributed by atoms with Crippen LogP contribution in [0.2, 0.25) is 0 Å². The molecule has 0 fully saturated rings. The van der Waals surface area contributed by atoms with Crippen molar-refractivity contribution >= 4 is 39.1 Å². The second-order valence-corrected chi connectivity index (χ2v) is 7.51. The molecule has 0 bridgehead atoms. The van der Waals surface area contributed by atoms with Crippen LogP contribution in [-0.4, -0.2) is 19.9 Å². The maximum Gasteiger partial charge on any atom is 0.260 e. The maximum atomic E-state index is 12.6. The number of thioether (sulfide) groups is 1. The first-order chi connectivity index (χ1) is 12.6. The Labute approximate surface area is 157 Å². The largest absolute Gasteiger partial charge is 0.384 e. The molecule has 0 amide bonds. The molecule has 4 aromatic rings. The molecule has 0 atom stereocenters. The lowest BCUT2D eigenvalue weighted by Gasteiger charge is -2.03. The third-order valence-electron chi connectivity index (χ3n) is 3.77. The van der Waals surface area contributed by atoms with Crippen LogP contribution in [0.25, 0.3) is 21.3 Å². The molecule has 130 valence electrons. The fourth-order valence-electron chi connectivity index (χ4n) is 2.65. The first kappa shape index (κ1) is 16.7. The number of nitrogen functional groups attached to an aromatic ring is 1. The Bertz CT molecular complexity index is 1120. The summed E-state index contributed by atoms with van der Waals surface area (Å²) in [6.45, 7) is 1.87. The number of aryl methyl sites for hydroxylation is 1. The molecular formula is C18H15N5OS2. The zero-order valence-electron chi connectivity index (χ0n) is 13.9. The number of hydrogen-bond acceptors (Lipinski definition) is 7. The Balaban J connectivity index is 1.65. The number of aromatic amines is 1. The lowest BCUT2D eigenvalue weighted by atomic mass is 10.1. The van der Waals surface area contributed by atoms with Crippen LogP contribution in [0.15, 0.2) is 51.7 Å². The van der Waals surface area contributed by atoms with Crippen molar-refractivity contribution < 1.29 is 0 Å². The molecule has 4 rings (SSSR count). The summed E-state index contributed by atoms with van der Waals surface area (Å²) in [5.74, 6) is 1.49. The van der Waals surface area contributed by atoms with Gasteiger partial charge in [-0.2, -0.15) is 0 Å². The molecule has 0 aliphatic carbocycles. The summed E-state index contributed by atoms with van der Waals surface area (Å²) in [7, 11) is 0. The number of nitrogens with one attached hydrogen (secondary N) is 1. The third kappa shape index (κ3) is 3.33. The zero-order valence-corrected chi connectivity index (χ0v) is 15.5. The average Bonchev–Trinajstić information content (AvgIpc) is 3.04. The minimum Gasteiger partial charge on any atom is -0.384 e. The number of aromatic nitrogens is 4. The molecular weight excluding hydrogens is 366 g/mol. The topological polar surface area (TPSA) is 97.5 Å². The van der Waals surface area contributed by atoms with Gasteiger partial charge in [-0.05, 0) is 12.5 Å². The fourth-order valence-corrected chi connectivity index (χ4v) is 4.40. The molecule has 0 aliphatic heterocycles. The number of nitrogens with zero attached hydrogens (tertiary/aromatic N) is 3. The highest BCUT2D eigenvalue weighted by Gasteiger charge is 2.13. The van der Waals surface area contributed by atoms with Crippen molar-refractivity contribution in [2.45, 2.75) is 17.8 Å². The lowest BCUT2D eigenvalue weighted by Crippen LogP contribution is -2.10. The van der Waals surface area contributed by atoms with E-state index in [4.69, 9.17) is 5.73 Å². The number of anilines is 1. The molecule has 0 saturated heterocycles. The van der Waals surface area contributed by atoms with E-state index < -0.39 is 0 Å². The van der Waals surface area contributed by atoms with Gasteiger partial charge in [0.1, 0.15) is 16.5 Å². The maximum absolute atomic E-state index is 12.6. The average molecular weight is 381 g/mol. The van der Waals surface area contributed by atoms with Gasteiger partial charge in [-0.1, -0.05) is 42.1 Å². The summed E-state index contributed by atoms with van der Waals surface area (Å²) in [5.41, 5.74) is 8.35. The molecule has 3 aromatic heterocycles. The molecule has 26 heavy (non-hydrogen) atoms. The van der Waals surface area contributed by atoms with Crippen molar-refractivity contribution in [3.8, 4) is 11.1 Å². The molecule has 3 N–H and O–H groups in total. The first-order valence-electron chi connectivity index (χ1n) is 7.90. The summed E-state index contributed by atoms with van der Waals surface area (Å²) in [5, 5.41) is 3.18. The third-order valence-corrected chi connectivity index (χ3v) is 5.50. The van der Waals surface area contributed by atoms with E-state index in [0.717, 1.165) is 21.7 Å². The summed E-state index contributed by atoms with van der Waals surface area (Å²) >= 11 is 2.86. The van der Waals surface area contributed by atoms with E-state index in [-0.39, 0.29) is 5.56 Å². The van der Waals surface area contributed by atoms with Gasteiger partial charge in [0.15, 0.2) is 5.16 Å². The number of nitrogens with two attached hydrogens (primary N) is 1. The summed E-state index contributed by atoms with van der Waals surface area (Å²) < 4.78 is 0. The summed E-state index contributed by atoms with van der Waals surface area (Å²) in [6, 6.07) is 11.6. The van der Waals surface area contributed by atoms with Crippen LogP contribution in [-0.2, 0) is 5.75 Å². The van der Waals surface area contributed by atoms with Gasteiger partial charge in [0.25, 0.3) is 5.56 Å². The number of H-pyrrole nitrogens is 1. The van der Waals surface area contributed by atoms with E-state index in [1.165, 1.54) is 23.1 Å². The smallest absolute Gasteiger partial charge is 0.260 e. The Kier molecular flexibility index (Phi) is 4.44.